The molecule has 1 nitrogen and oxygen atoms in total. The van der Waals surface area contributed by atoms with Gasteiger partial charge in [0.2, 0.25) is 0 Å². The van der Waals surface area contributed by atoms with Gasteiger partial charge in [0.1, 0.15) is 0 Å². The fraction of sp³-hybridized carbons (Fsp3) is 0.111. The van der Waals surface area contributed by atoms with Crippen LogP contribution in [0.5, 0.6) is 0 Å². The van der Waals surface area contributed by atoms with E-state index in [2.05, 4.69) is 5.92 Å². The Hall–Kier alpha value is -1.42. The first kappa shape index (κ1) is 6.70. The lowest BCUT2D eigenvalue weighted by Gasteiger charge is -2.00. The Bertz CT molecular complexity index is 281. The standard InChI is InChI=1S/C9H9N/c1-3-8-6-4-5-7(2)9(8)10/h1,4-6H,10H2,2H3. The van der Waals surface area contributed by atoms with E-state index >= 15 is 0 Å². The van der Waals surface area contributed by atoms with Crippen molar-refractivity contribution in [2.24, 2.45) is 0 Å². The summed E-state index contributed by atoms with van der Waals surface area (Å²) in [5, 5.41) is 0. The van der Waals surface area contributed by atoms with E-state index in [4.69, 9.17) is 12.2 Å². The van der Waals surface area contributed by atoms with E-state index in [1.165, 1.54) is 0 Å². The zero-order valence-corrected chi connectivity index (χ0v) is 5.89. The normalized spacial score (nSPS) is 8.80. The maximum Gasteiger partial charge on any atom is 0.0502 e. The average molecular weight is 131 g/mol. The lowest BCUT2D eigenvalue weighted by Crippen LogP contribution is -1.92. The average Bonchev–Trinajstić information content (AvgIpc) is 1.95. The summed E-state index contributed by atoms with van der Waals surface area (Å²) in [6.07, 6.45) is 5.19. The van der Waals surface area contributed by atoms with Crippen LogP contribution in [0.25, 0.3) is 0 Å². The predicted molar refractivity (Wildman–Crippen MR) is 43.5 cm³/mol. The van der Waals surface area contributed by atoms with E-state index in [0.717, 1.165) is 11.1 Å². The van der Waals surface area contributed by atoms with Gasteiger partial charge in [-0.3, -0.25) is 0 Å². The van der Waals surface area contributed by atoms with Gasteiger partial charge in [-0.05, 0) is 18.6 Å². The summed E-state index contributed by atoms with van der Waals surface area (Å²) in [6.45, 7) is 1.94. The van der Waals surface area contributed by atoms with Crippen LogP contribution in [0.15, 0.2) is 18.2 Å². The summed E-state index contributed by atoms with van der Waals surface area (Å²) in [5.74, 6) is 2.51. The molecular formula is C9H9N. The van der Waals surface area contributed by atoms with Crippen LogP contribution < -0.4 is 5.73 Å². The van der Waals surface area contributed by atoms with Crippen LogP contribution >= 0.6 is 0 Å². The third-order valence-corrected chi connectivity index (χ3v) is 1.48. The lowest BCUT2D eigenvalue weighted by atomic mass is 10.1. The molecule has 2 N–H and O–H groups in total. The zero-order valence-electron chi connectivity index (χ0n) is 5.89. The minimum Gasteiger partial charge on any atom is -0.398 e. The number of benzene rings is 1. The van der Waals surface area contributed by atoms with Crippen LogP contribution in [0, 0.1) is 19.3 Å². The highest BCUT2D eigenvalue weighted by Crippen LogP contribution is 2.14. The molecule has 0 aliphatic heterocycles. The van der Waals surface area contributed by atoms with Crippen molar-refractivity contribution < 1.29 is 0 Å². The molecule has 0 heterocycles. The first-order valence-electron chi connectivity index (χ1n) is 3.07. The number of rotatable bonds is 0. The van der Waals surface area contributed by atoms with Gasteiger partial charge < -0.3 is 5.73 Å². The van der Waals surface area contributed by atoms with Gasteiger partial charge in [0, 0.05) is 5.56 Å². The monoisotopic (exact) mass is 131 g/mol. The van der Waals surface area contributed by atoms with Crippen LogP contribution in [0.4, 0.5) is 5.69 Å². The fourth-order valence-electron chi connectivity index (χ4n) is 0.807. The minimum absolute atomic E-state index is 0.713. The number of nitrogens with two attached hydrogens (primary N) is 1. The number of para-hydroxylation sites is 1. The Kier molecular flexibility index (Phi) is 1.64. The first-order valence-corrected chi connectivity index (χ1v) is 3.07. The Labute approximate surface area is 60.9 Å². The topological polar surface area (TPSA) is 26.0 Å². The number of nitrogen functional groups attached to an aromatic ring is 1. The summed E-state index contributed by atoms with van der Waals surface area (Å²) in [7, 11) is 0. The second-order valence-corrected chi connectivity index (χ2v) is 2.18. The lowest BCUT2D eigenvalue weighted by molar-refractivity contribution is 1.45. The second-order valence-electron chi connectivity index (χ2n) is 2.18. The van der Waals surface area contributed by atoms with Gasteiger partial charge in [-0.15, -0.1) is 6.42 Å². The molecule has 0 aliphatic rings. The number of aryl methyl sites for hydroxylation is 1. The number of hydrogen-bond acceptors (Lipinski definition) is 1. The van der Waals surface area contributed by atoms with Crippen LogP contribution in [0.3, 0.4) is 0 Å². The molecule has 0 aromatic heterocycles. The minimum atomic E-state index is 0.713. The third-order valence-electron chi connectivity index (χ3n) is 1.48. The highest BCUT2D eigenvalue weighted by molar-refractivity contribution is 5.59. The third kappa shape index (κ3) is 0.964. The number of hydrogen-bond donors (Lipinski definition) is 1. The SMILES string of the molecule is C#Cc1cccc(C)c1N. The summed E-state index contributed by atoms with van der Waals surface area (Å²) in [4.78, 5) is 0. The second kappa shape index (κ2) is 2.45. The predicted octanol–water partition coefficient (Wildman–Crippen LogP) is 1.56. The van der Waals surface area contributed by atoms with Crippen LogP contribution in [-0.2, 0) is 0 Å². The van der Waals surface area contributed by atoms with Gasteiger partial charge in [0.25, 0.3) is 0 Å². The van der Waals surface area contributed by atoms with Crippen molar-refractivity contribution in [2.45, 2.75) is 6.92 Å². The van der Waals surface area contributed by atoms with E-state index in [1.807, 2.05) is 25.1 Å². The molecular weight excluding hydrogens is 122 g/mol. The van der Waals surface area contributed by atoms with Crippen molar-refractivity contribution in [3.05, 3.63) is 29.3 Å². The summed E-state index contributed by atoms with van der Waals surface area (Å²) >= 11 is 0. The van der Waals surface area contributed by atoms with Crippen LogP contribution in [0.2, 0.25) is 0 Å². The van der Waals surface area contributed by atoms with E-state index < -0.39 is 0 Å². The fourth-order valence-corrected chi connectivity index (χ4v) is 0.807. The molecule has 0 unspecified atom stereocenters. The maximum absolute atomic E-state index is 5.65. The van der Waals surface area contributed by atoms with Crippen LogP contribution in [-0.4, -0.2) is 0 Å². The molecule has 0 fully saturated rings. The van der Waals surface area contributed by atoms with Gasteiger partial charge in [0.05, 0.1) is 5.69 Å². The van der Waals surface area contributed by atoms with Crippen LogP contribution in [0.1, 0.15) is 11.1 Å². The van der Waals surface area contributed by atoms with Gasteiger partial charge in [-0.2, -0.15) is 0 Å². The molecule has 1 aromatic carbocycles. The zero-order chi connectivity index (χ0) is 7.56. The van der Waals surface area contributed by atoms with Gasteiger partial charge in [-0.1, -0.05) is 18.1 Å². The molecule has 0 spiro atoms. The maximum atomic E-state index is 5.65. The van der Waals surface area contributed by atoms with E-state index in [0.29, 0.717) is 5.69 Å². The highest BCUT2D eigenvalue weighted by atomic mass is 14.6. The largest absolute Gasteiger partial charge is 0.398 e. The van der Waals surface area contributed by atoms with Gasteiger partial charge in [0.15, 0.2) is 0 Å². The summed E-state index contributed by atoms with van der Waals surface area (Å²) < 4.78 is 0. The molecule has 0 radical (unpaired) electrons. The van der Waals surface area contributed by atoms with Crippen molar-refractivity contribution in [3.63, 3.8) is 0 Å². The van der Waals surface area contributed by atoms with E-state index in [-0.39, 0.29) is 0 Å². The van der Waals surface area contributed by atoms with Crippen molar-refractivity contribution in [1.82, 2.24) is 0 Å². The Morgan fingerprint density at radius 2 is 2.20 bits per heavy atom. The van der Waals surface area contributed by atoms with Crippen molar-refractivity contribution in [1.29, 1.82) is 0 Å². The summed E-state index contributed by atoms with van der Waals surface area (Å²) in [6, 6.07) is 5.68. The first-order chi connectivity index (χ1) is 4.75. The smallest absolute Gasteiger partial charge is 0.0502 e. The summed E-state index contributed by atoms with van der Waals surface area (Å²) in [5.41, 5.74) is 8.18. The van der Waals surface area contributed by atoms with Crippen molar-refractivity contribution in [3.8, 4) is 12.3 Å². The number of anilines is 1. The molecule has 1 heteroatoms. The molecule has 0 aliphatic carbocycles. The molecule has 0 amide bonds. The van der Waals surface area contributed by atoms with Crippen molar-refractivity contribution in [2.75, 3.05) is 5.73 Å². The Balaban J connectivity index is 3.31. The van der Waals surface area contributed by atoms with Gasteiger partial charge >= 0.3 is 0 Å². The molecule has 0 bridgehead atoms. The Morgan fingerprint density at radius 3 is 2.70 bits per heavy atom. The molecule has 50 valence electrons. The number of terminal acetylenes is 1. The molecule has 10 heavy (non-hydrogen) atoms. The quantitative estimate of drug-likeness (QED) is 0.419. The molecule has 0 atom stereocenters. The van der Waals surface area contributed by atoms with Crippen molar-refractivity contribution >= 4 is 5.69 Å². The highest BCUT2D eigenvalue weighted by Gasteiger charge is 1.95. The Morgan fingerprint density at radius 1 is 1.50 bits per heavy atom. The molecule has 0 saturated carbocycles. The van der Waals surface area contributed by atoms with E-state index in [1.54, 1.807) is 0 Å². The molecule has 0 saturated heterocycles. The van der Waals surface area contributed by atoms with E-state index in [9.17, 15) is 0 Å². The molecule has 1 aromatic rings. The van der Waals surface area contributed by atoms with Gasteiger partial charge in [-0.25, -0.2) is 0 Å². The molecule has 1 rings (SSSR count).